The van der Waals surface area contributed by atoms with E-state index in [1.165, 1.54) is 5.56 Å². The minimum atomic E-state index is -0.165. The number of ether oxygens (including phenoxy) is 3. The largest absolute Gasteiger partial charge is 0.493 e. The van der Waals surface area contributed by atoms with Crippen molar-refractivity contribution < 1.29 is 14.2 Å². The van der Waals surface area contributed by atoms with Crippen LogP contribution in [0, 0.1) is 6.92 Å². The topological polar surface area (TPSA) is 76.7 Å². The Morgan fingerprint density at radius 3 is 2.65 bits per heavy atom. The Kier molecular flexibility index (Phi) is 4.76. The first-order valence-corrected chi connectivity index (χ1v) is 10.7. The standard InChI is InChI=1S/C24H27N3O4/c1-15-20-17(14-19(29-2)21(15)30-3)25-23(26-22(20)28)27-12-10-24(11-13-27)9-8-16-6-4-5-7-18(16)31-24/h4-7,14H,8-13H2,1-3H3,(H,25,26,28). The van der Waals surface area contributed by atoms with Crippen molar-refractivity contribution in [1.29, 1.82) is 0 Å². The fourth-order valence-corrected chi connectivity index (χ4v) is 4.92. The van der Waals surface area contributed by atoms with Crippen molar-refractivity contribution in [3.05, 3.63) is 51.8 Å². The molecule has 7 heteroatoms. The fourth-order valence-electron chi connectivity index (χ4n) is 4.92. The predicted octanol–water partition coefficient (Wildman–Crippen LogP) is 3.61. The van der Waals surface area contributed by atoms with E-state index >= 15 is 0 Å². The molecule has 2 aliphatic rings. The van der Waals surface area contributed by atoms with E-state index in [1.54, 1.807) is 20.3 Å². The lowest BCUT2D eigenvalue weighted by Gasteiger charge is -2.44. The van der Waals surface area contributed by atoms with Crippen molar-refractivity contribution in [2.24, 2.45) is 0 Å². The second-order valence-electron chi connectivity index (χ2n) is 8.40. The van der Waals surface area contributed by atoms with Crippen LogP contribution in [0.2, 0.25) is 0 Å². The first-order chi connectivity index (χ1) is 15.0. The summed E-state index contributed by atoms with van der Waals surface area (Å²) in [5, 5.41) is 0.530. The molecule has 1 aromatic heterocycles. The summed E-state index contributed by atoms with van der Waals surface area (Å²) in [5.41, 5.74) is 2.33. The lowest BCUT2D eigenvalue weighted by molar-refractivity contribution is 0.0223. The van der Waals surface area contributed by atoms with Crippen LogP contribution in [0.25, 0.3) is 10.9 Å². The van der Waals surface area contributed by atoms with Crippen LogP contribution in [0.3, 0.4) is 0 Å². The van der Waals surface area contributed by atoms with Crippen molar-refractivity contribution in [2.75, 3.05) is 32.2 Å². The van der Waals surface area contributed by atoms with Crippen molar-refractivity contribution in [2.45, 2.75) is 38.2 Å². The Morgan fingerprint density at radius 1 is 1.13 bits per heavy atom. The number of nitrogens with zero attached hydrogens (tertiary/aromatic N) is 2. The van der Waals surface area contributed by atoms with E-state index in [1.807, 2.05) is 13.0 Å². The van der Waals surface area contributed by atoms with Crippen molar-refractivity contribution >= 4 is 16.9 Å². The Morgan fingerprint density at radius 2 is 1.90 bits per heavy atom. The number of aromatic amines is 1. The van der Waals surface area contributed by atoms with Crippen molar-refractivity contribution in [3.63, 3.8) is 0 Å². The number of para-hydroxylation sites is 1. The number of hydrogen-bond donors (Lipinski definition) is 1. The van der Waals surface area contributed by atoms with E-state index in [0.717, 1.165) is 50.1 Å². The van der Waals surface area contributed by atoms with Crippen LogP contribution in [0.5, 0.6) is 17.2 Å². The Labute approximate surface area is 181 Å². The number of anilines is 1. The van der Waals surface area contributed by atoms with E-state index in [9.17, 15) is 4.79 Å². The monoisotopic (exact) mass is 421 g/mol. The van der Waals surface area contributed by atoms with Gasteiger partial charge in [-0.2, -0.15) is 0 Å². The number of H-pyrrole nitrogens is 1. The fraction of sp³-hybridized carbons (Fsp3) is 0.417. The summed E-state index contributed by atoms with van der Waals surface area (Å²) < 4.78 is 17.3. The Balaban J connectivity index is 1.42. The summed E-state index contributed by atoms with van der Waals surface area (Å²) in [4.78, 5) is 22.8. The highest BCUT2D eigenvalue weighted by Gasteiger charge is 2.39. The highest BCUT2D eigenvalue weighted by Crippen LogP contribution is 2.40. The first-order valence-electron chi connectivity index (χ1n) is 10.7. The molecular weight excluding hydrogens is 394 g/mol. The molecule has 2 aromatic carbocycles. The summed E-state index contributed by atoms with van der Waals surface area (Å²) in [6.45, 7) is 3.41. The molecule has 162 valence electrons. The average Bonchev–Trinajstić information content (AvgIpc) is 2.79. The van der Waals surface area contributed by atoms with Gasteiger partial charge in [-0.3, -0.25) is 9.78 Å². The highest BCUT2D eigenvalue weighted by atomic mass is 16.5. The number of piperidine rings is 1. The molecule has 3 heterocycles. The molecule has 1 spiro atoms. The third-order valence-corrected chi connectivity index (χ3v) is 6.69. The molecule has 0 amide bonds. The maximum absolute atomic E-state index is 12.9. The summed E-state index contributed by atoms with van der Waals surface area (Å²) >= 11 is 0. The lowest BCUT2D eigenvalue weighted by atomic mass is 9.83. The van der Waals surface area contributed by atoms with Gasteiger partial charge < -0.3 is 19.1 Å². The molecule has 0 bridgehead atoms. The molecule has 0 radical (unpaired) electrons. The average molecular weight is 421 g/mol. The van der Waals surface area contributed by atoms with Gasteiger partial charge in [0.2, 0.25) is 5.95 Å². The molecule has 31 heavy (non-hydrogen) atoms. The van der Waals surface area contributed by atoms with Crippen molar-refractivity contribution in [3.8, 4) is 17.2 Å². The molecule has 0 unspecified atom stereocenters. The van der Waals surface area contributed by atoms with Crippen LogP contribution < -0.4 is 24.7 Å². The zero-order chi connectivity index (χ0) is 21.6. The second-order valence-corrected chi connectivity index (χ2v) is 8.40. The molecule has 2 aliphatic heterocycles. The molecule has 7 nitrogen and oxygen atoms in total. The maximum atomic E-state index is 12.9. The Hall–Kier alpha value is -3.22. The van der Waals surface area contributed by atoms with Gasteiger partial charge >= 0.3 is 0 Å². The zero-order valence-corrected chi connectivity index (χ0v) is 18.2. The summed E-state index contributed by atoms with van der Waals surface area (Å²) in [6.07, 6.45) is 3.86. The summed E-state index contributed by atoms with van der Waals surface area (Å²) in [7, 11) is 3.16. The van der Waals surface area contributed by atoms with E-state index < -0.39 is 0 Å². The summed E-state index contributed by atoms with van der Waals surface area (Å²) in [5.74, 6) is 2.74. The molecule has 0 saturated carbocycles. The van der Waals surface area contributed by atoms with E-state index in [0.29, 0.717) is 28.4 Å². The number of rotatable bonds is 3. The molecule has 1 N–H and O–H groups in total. The van der Waals surface area contributed by atoms with Crippen LogP contribution in [-0.2, 0) is 6.42 Å². The van der Waals surface area contributed by atoms with Gasteiger partial charge in [0.15, 0.2) is 11.5 Å². The number of benzene rings is 2. The van der Waals surface area contributed by atoms with Crippen LogP contribution in [0.4, 0.5) is 5.95 Å². The smallest absolute Gasteiger partial charge is 0.260 e. The van der Waals surface area contributed by atoms with Crippen molar-refractivity contribution in [1.82, 2.24) is 9.97 Å². The number of fused-ring (bicyclic) bond motifs is 2. The third-order valence-electron chi connectivity index (χ3n) is 6.69. The van der Waals surface area contributed by atoms with Crippen LogP contribution in [-0.4, -0.2) is 42.9 Å². The zero-order valence-electron chi connectivity index (χ0n) is 18.2. The minimum absolute atomic E-state index is 0.130. The van der Waals surface area contributed by atoms with Gasteiger partial charge in [0.05, 0.1) is 25.1 Å². The molecule has 1 saturated heterocycles. The number of hydrogen-bond acceptors (Lipinski definition) is 6. The third kappa shape index (κ3) is 3.28. The van der Waals surface area contributed by atoms with Gasteiger partial charge in [-0.25, -0.2) is 4.98 Å². The maximum Gasteiger partial charge on any atom is 0.260 e. The molecule has 3 aromatic rings. The van der Waals surface area contributed by atoms with Gasteiger partial charge in [0.1, 0.15) is 11.4 Å². The van der Waals surface area contributed by atoms with Gasteiger partial charge in [0, 0.05) is 37.6 Å². The predicted molar refractivity (Wildman–Crippen MR) is 120 cm³/mol. The lowest BCUT2D eigenvalue weighted by Crippen LogP contribution is -2.50. The van der Waals surface area contributed by atoms with Gasteiger partial charge in [0.25, 0.3) is 5.56 Å². The quantitative estimate of drug-likeness (QED) is 0.696. The number of aryl methyl sites for hydroxylation is 2. The normalized spacial score (nSPS) is 17.3. The van der Waals surface area contributed by atoms with Crippen LogP contribution in [0.15, 0.2) is 35.1 Å². The number of aromatic nitrogens is 2. The Bertz CT molecular complexity index is 1200. The number of nitrogens with one attached hydrogen (secondary N) is 1. The first kappa shape index (κ1) is 19.7. The van der Waals surface area contributed by atoms with Gasteiger partial charge in [-0.1, -0.05) is 18.2 Å². The van der Waals surface area contributed by atoms with E-state index in [-0.39, 0.29) is 11.2 Å². The van der Waals surface area contributed by atoms with Crippen LogP contribution in [0.1, 0.15) is 30.4 Å². The highest BCUT2D eigenvalue weighted by molar-refractivity contribution is 5.86. The molecule has 5 rings (SSSR count). The summed E-state index contributed by atoms with van der Waals surface area (Å²) in [6, 6.07) is 10.1. The van der Waals surface area contributed by atoms with Gasteiger partial charge in [-0.15, -0.1) is 0 Å². The van der Waals surface area contributed by atoms with Gasteiger partial charge in [-0.05, 0) is 31.4 Å². The van der Waals surface area contributed by atoms with Crippen LogP contribution >= 0.6 is 0 Å². The minimum Gasteiger partial charge on any atom is -0.493 e. The SMILES string of the molecule is COc1cc2nc(N3CCC4(CCc5ccccc5O4)CC3)[nH]c(=O)c2c(C)c1OC. The van der Waals surface area contributed by atoms with E-state index in [4.69, 9.17) is 19.2 Å². The molecule has 0 atom stereocenters. The molecule has 0 aliphatic carbocycles. The second kappa shape index (κ2) is 7.48. The number of methoxy groups -OCH3 is 2. The molecular formula is C24H27N3O4. The van der Waals surface area contributed by atoms with E-state index in [2.05, 4.69) is 28.1 Å². The molecule has 1 fully saturated rings.